The molecule has 0 aliphatic rings. The zero-order chi connectivity index (χ0) is 18.7. The second-order valence-corrected chi connectivity index (χ2v) is 5.55. The molecule has 6 nitrogen and oxygen atoms in total. The molecule has 0 aliphatic carbocycles. The lowest BCUT2D eigenvalue weighted by molar-refractivity contribution is -0.159. The molecule has 2 rings (SSSR count). The first-order valence-electron chi connectivity index (χ1n) is 7.54. The van der Waals surface area contributed by atoms with Crippen molar-refractivity contribution in [1.82, 2.24) is 5.32 Å². The number of carboxylic acids is 2. The van der Waals surface area contributed by atoms with Crippen molar-refractivity contribution in [1.29, 1.82) is 0 Å². The van der Waals surface area contributed by atoms with Gasteiger partial charge in [0, 0.05) is 11.6 Å². The summed E-state index contributed by atoms with van der Waals surface area (Å²) >= 11 is 5.83. The molecule has 0 spiro atoms. The van der Waals surface area contributed by atoms with Gasteiger partial charge in [0.15, 0.2) is 0 Å². The summed E-state index contributed by atoms with van der Waals surface area (Å²) in [5.41, 5.74) is 2.19. The molecular weight excluding hydrogens is 346 g/mol. The standard InChI is InChI=1S/C16H18ClNO.C2H2O4/c17-15-8-6-13(7-9-15)10-11-18-12-16(19)14-4-2-1-3-5-14;3-1(4)2(5)6/h1-9,16,18-19H,10-12H2;(H,3,4)(H,5,6). The van der Waals surface area contributed by atoms with E-state index in [2.05, 4.69) is 5.32 Å². The summed E-state index contributed by atoms with van der Waals surface area (Å²) in [5, 5.41) is 28.8. The average Bonchev–Trinajstić information content (AvgIpc) is 2.61. The van der Waals surface area contributed by atoms with Gasteiger partial charge in [0.05, 0.1) is 6.10 Å². The van der Waals surface area contributed by atoms with E-state index in [1.165, 1.54) is 5.56 Å². The predicted molar refractivity (Wildman–Crippen MR) is 94.7 cm³/mol. The smallest absolute Gasteiger partial charge is 0.414 e. The number of carboxylic acid groups (broad SMARTS) is 2. The third kappa shape index (κ3) is 8.85. The lowest BCUT2D eigenvalue weighted by Gasteiger charge is -2.12. The van der Waals surface area contributed by atoms with Gasteiger partial charge in [-0.15, -0.1) is 0 Å². The molecule has 0 saturated carbocycles. The van der Waals surface area contributed by atoms with Gasteiger partial charge in [0.25, 0.3) is 0 Å². The molecule has 0 fully saturated rings. The molecule has 134 valence electrons. The van der Waals surface area contributed by atoms with Crippen molar-refractivity contribution >= 4 is 23.5 Å². The number of nitrogens with one attached hydrogen (secondary N) is 1. The SMILES string of the molecule is O=C(O)C(=O)O.OC(CNCCc1ccc(Cl)cc1)c1ccccc1. The van der Waals surface area contributed by atoms with E-state index < -0.39 is 18.0 Å². The van der Waals surface area contributed by atoms with Crippen molar-refractivity contribution in [2.75, 3.05) is 13.1 Å². The van der Waals surface area contributed by atoms with E-state index in [1.54, 1.807) is 0 Å². The van der Waals surface area contributed by atoms with E-state index >= 15 is 0 Å². The molecule has 0 radical (unpaired) electrons. The van der Waals surface area contributed by atoms with E-state index in [0.717, 1.165) is 23.6 Å². The van der Waals surface area contributed by atoms with Crippen LogP contribution in [0.3, 0.4) is 0 Å². The number of hydrogen-bond acceptors (Lipinski definition) is 4. The van der Waals surface area contributed by atoms with Crippen molar-refractivity contribution in [3.8, 4) is 0 Å². The van der Waals surface area contributed by atoms with Crippen LogP contribution in [0.15, 0.2) is 54.6 Å². The first kappa shape index (κ1) is 20.6. The quantitative estimate of drug-likeness (QED) is 0.462. The molecule has 0 amide bonds. The zero-order valence-electron chi connectivity index (χ0n) is 13.4. The summed E-state index contributed by atoms with van der Waals surface area (Å²) in [5.74, 6) is -3.65. The number of carbonyl (C=O) groups is 2. The van der Waals surface area contributed by atoms with Gasteiger partial charge in [0.1, 0.15) is 0 Å². The Bertz CT molecular complexity index is 649. The highest BCUT2D eigenvalue weighted by atomic mass is 35.5. The van der Waals surface area contributed by atoms with Crippen molar-refractivity contribution in [2.24, 2.45) is 0 Å². The van der Waals surface area contributed by atoms with Crippen LogP contribution < -0.4 is 5.32 Å². The predicted octanol–water partition coefficient (Wildman–Crippen LogP) is 2.36. The van der Waals surface area contributed by atoms with Gasteiger partial charge in [0.2, 0.25) is 0 Å². The Labute approximate surface area is 150 Å². The fourth-order valence-electron chi connectivity index (χ4n) is 1.92. The molecule has 0 aliphatic heterocycles. The summed E-state index contributed by atoms with van der Waals surface area (Å²) in [7, 11) is 0. The van der Waals surface area contributed by atoms with Crippen LogP contribution in [0.2, 0.25) is 5.02 Å². The lowest BCUT2D eigenvalue weighted by atomic mass is 10.1. The molecule has 1 unspecified atom stereocenters. The van der Waals surface area contributed by atoms with Crippen LogP contribution in [-0.4, -0.2) is 40.3 Å². The number of aliphatic hydroxyl groups is 1. The van der Waals surface area contributed by atoms with E-state index in [1.807, 2.05) is 54.6 Å². The molecule has 0 saturated heterocycles. The van der Waals surface area contributed by atoms with Crippen LogP contribution in [0.5, 0.6) is 0 Å². The minimum Gasteiger partial charge on any atom is -0.473 e. The first-order chi connectivity index (χ1) is 11.9. The van der Waals surface area contributed by atoms with Crippen LogP contribution in [-0.2, 0) is 16.0 Å². The molecule has 2 aromatic rings. The topological polar surface area (TPSA) is 107 Å². The van der Waals surface area contributed by atoms with Crippen LogP contribution in [0.25, 0.3) is 0 Å². The minimum atomic E-state index is -1.82. The first-order valence-corrected chi connectivity index (χ1v) is 7.92. The molecule has 0 aromatic heterocycles. The maximum Gasteiger partial charge on any atom is 0.414 e. The van der Waals surface area contributed by atoms with Crippen molar-refractivity contribution in [2.45, 2.75) is 12.5 Å². The van der Waals surface area contributed by atoms with Gasteiger partial charge in [-0.05, 0) is 36.2 Å². The maximum atomic E-state index is 9.97. The number of aliphatic hydroxyl groups excluding tert-OH is 1. The van der Waals surface area contributed by atoms with Gasteiger partial charge >= 0.3 is 11.9 Å². The average molecular weight is 366 g/mol. The Balaban J connectivity index is 0.000000450. The monoisotopic (exact) mass is 365 g/mol. The Morgan fingerprint density at radius 2 is 1.52 bits per heavy atom. The molecule has 0 bridgehead atoms. The largest absolute Gasteiger partial charge is 0.473 e. The van der Waals surface area contributed by atoms with E-state index in [9.17, 15) is 5.11 Å². The summed E-state index contributed by atoms with van der Waals surface area (Å²) in [6.45, 7) is 1.41. The summed E-state index contributed by atoms with van der Waals surface area (Å²) in [6.07, 6.45) is 0.477. The Hall–Kier alpha value is -2.41. The molecule has 2 aromatic carbocycles. The summed E-state index contributed by atoms with van der Waals surface area (Å²) in [6, 6.07) is 17.5. The fourth-order valence-corrected chi connectivity index (χ4v) is 2.04. The maximum absolute atomic E-state index is 9.97. The van der Waals surface area contributed by atoms with E-state index in [4.69, 9.17) is 31.4 Å². The van der Waals surface area contributed by atoms with E-state index in [0.29, 0.717) is 6.54 Å². The normalized spacial score (nSPS) is 11.1. The third-order valence-corrected chi connectivity index (χ3v) is 3.46. The molecule has 25 heavy (non-hydrogen) atoms. The number of benzene rings is 2. The van der Waals surface area contributed by atoms with Crippen LogP contribution in [0, 0.1) is 0 Å². The highest BCUT2D eigenvalue weighted by Gasteiger charge is 2.05. The van der Waals surface area contributed by atoms with E-state index in [-0.39, 0.29) is 0 Å². The number of aliphatic carboxylic acids is 2. The number of rotatable bonds is 6. The van der Waals surface area contributed by atoms with Gasteiger partial charge in [-0.25, -0.2) is 9.59 Å². The van der Waals surface area contributed by atoms with Crippen LogP contribution in [0.4, 0.5) is 0 Å². The van der Waals surface area contributed by atoms with Gasteiger partial charge in [-0.2, -0.15) is 0 Å². The highest BCUT2D eigenvalue weighted by Crippen LogP contribution is 2.11. The fraction of sp³-hybridized carbons (Fsp3) is 0.222. The lowest BCUT2D eigenvalue weighted by Crippen LogP contribution is -2.23. The van der Waals surface area contributed by atoms with Crippen molar-refractivity contribution in [3.63, 3.8) is 0 Å². The Kier molecular flexibility index (Phi) is 9.24. The van der Waals surface area contributed by atoms with Crippen molar-refractivity contribution in [3.05, 3.63) is 70.7 Å². The number of hydrogen-bond donors (Lipinski definition) is 4. The van der Waals surface area contributed by atoms with Gasteiger partial charge in [-0.3, -0.25) is 0 Å². The van der Waals surface area contributed by atoms with Crippen LogP contribution >= 0.6 is 11.6 Å². The third-order valence-electron chi connectivity index (χ3n) is 3.21. The van der Waals surface area contributed by atoms with Crippen molar-refractivity contribution < 1.29 is 24.9 Å². The molecule has 7 heteroatoms. The highest BCUT2D eigenvalue weighted by molar-refractivity contribution is 6.30. The molecule has 1 atom stereocenters. The Morgan fingerprint density at radius 1 is 0.960 bits per heavy atom. The minimum absolute atomic E-state index is 0.452. The second kappa shape index (κ2) is 11.2. The molecule has 0 heterocycles. The Morgan fingerprint density at radius 3 is 2.04 bits per heavy atom. The second-order valence-electron chi connectivity index (χ2n) is 5.12. The van der Waals surface area contributed by atoms with Crippen LogP contribution in [0.1, 0.15) is 17.2 Å². The van der Waals surface area contributed by atoms with Gasteiger partial charge in [-0.1, -0.05) is 54.1 Å². The van der Waals surface area contributed by atoms with Gasteiger partial charge < -0.3 is 20.6 Å². The molecular formula is C18H20ClNO5. The summed E-state index contributed by atoms with van der Waals surface area (Å²) in [4.78, 5) is 18.2. The summed E-state index contributed by atoms with van der Waals surface area (Å²) < 4.78 is 0. The zero-order valence-corrected chi connectivity index (χ0v) is 14.2. The molecule has 4 N–H and O–H groups in total. The number of halogens is 1.